The van der Waals surface area contributed by atoms with Crippen LogP contribution in [0, 0.1) is 4.77 Å². The van der Waals surface area contributed by atoms with Crippen molar-refractivity contribution in [3.63, 3.8) is 0 Å². The highest BCUT2D eigenvalue weighted by Gasteiger charge is 2.05. The molecule has 0 amide bonds. The number of hydrogen-bond acceptors (Lipinski definition) is 4. The molecular weight excluding hydrogens is 320 g/mol. The van der Waals surface area contributed by atoms with Crippen LogP contribution in [0.1, 0.15) is 17.0 Å². The number of nitrogens with one attached hydrogen (secondary N) is 1. The Hall–Kier alpha value is -2.73. The van der Waals surface area contributed by atoms with Crippen LogP contribution < -0.4 is 4.74 Å². The fraction of sp³-hybridized carbons (Fsp3) is 0.167. The van der Waals surface area contributed by atoms with Crippen molar-refractivity contribution in [2.24, 2.45) is 5.10 Å². The fourth-order valence-corrected chi connectivity index (χ4v) is 2.55. The van der Waals surface area contributed by atoms with Crippen molar-refractivity contribution in [2.75, 3.05) is 7.11 Å². The molecule has 0 fully saturated rings. The Morgan fingerprint density at radius 3 is 2.79 bits per heavy atom. The summed E-state index contributed by atoms with van der Waals surface area (Å²) in [6.45, 7) is 0. The Balaban J connectivity index is 1.77. The first-order valence-electron chi connectivity index (χ1n) is 7.65. The van der Waals surface area contributed by atoms with Crippen LogP contribution in [0.5, 0.6) is 5.75 Å². The van der Waals surface area contributed by atoms with E-state index >= 15 is 0 Å². The molecule has 0 saturated heterocycles. The van der Waals surface area contributed by atoms with Gasteiger partial charge in [0.1, 0.15) is 5.75 Å². The first-order chi connectivity index (χ1) is 11.8. The molecule has 24 heavy (non-hydrogen) atoms. The van der Waals surface area contributed by atoms with E-state index in [1.54, 1.807) is 18.0 Å². The number of methoxy groups -OCH3 is 1. The van der Waals surface area contributed by atoms with Gasteiger partial charge in [0.25, 0.3) is 0 Å². The van der Waals surface area contributed by atoms with Crippen molar-refractivity contribution in [3.8, 4) is 5.75 Å². The summed E-state index contributed by atoms with van der Waals surface area (Å²) in [5, 5.41) is 11.6. The number of aromatic amines is 1. The lowest BCUT2D eigenvalue weighted by molar-refractivity contribution is 0.414. The van der Waals surface area contributed by atoms with Gasteiger partial charge in [-0.2, -0.15) is 14.9 Å². The first-order valence-corrected chi connectivity index (χ1v) is 8.06. The van der Waals surface area contributed by atoms with Crippen LogP contribution in [-0.2, 0) is 12.8 Å². The van der Waals surface area contributed by atoms with E-state index in [2.05, 4.69) is 27.4 Å². The molecule has 3 rings (SSSR count). The number of H-pyrrole nitrogens is 1. The highest BCUT2D eigenvalue weighted by molar-refractivity contribution is 7.71. The summed E-state index contributed by atoms with van der Waals surface area (Å²) in [5.41, 5.74) is 2.20. The normalized spacial score (nSPS) is 11.0. The smallest absolute Gasteiger partial charge is 0.216 e. The third-order valence-corrected chi connectivity index (χ3v) is 3.88. The van der Waals surface area contributed by atoms with E-state index in [0.29, 0.717) is 4.77 Å². The highest BCUT2D eigenvalue weighted by Crippen LogP contribution is 2.11. The van der Waals surface area contributed by atoms with Crippen LogP contribution in [0.4, 0.5) is 0 Å². The van der Waals surface area contributed by atoms with Crippen molar-refractivity contribution in [1.82, 2.24) is 14.9 Å². The number of nitrogens with zero attached hydrogens (tertiary/aromatic N) is 3. The molecule has 1 N–H and O–H groups in total. The predicted octanol–water partition coefficient (Wildman–Crippen LogP) is 3.62. The molecule has 0 aliphatic rings. The number of benzene rings is 2. The van der Waals surface area contributed by atoms with Gasteiger partial charge in [-0.05, 0) is 41.9 Å². The van der Waals surface area contributed by atoms with Crippen molar-refractivity contribution >= 4 is 18.4 Å². The van der Waals surface area contributed by atoms with E-state index < -0.39 is 0 Å². The van der Waals surface area contributed by atoms with E-state index in [1.807, 2.05) is 42.5 Å². The number of hydrogen-bond donors (Lipinski definition) is 1. The zero-order chi connectivity index (χ0) is 16.8. The molecule has 1 heterocycles. The minimum atomic E-state index is 0.484. The van der Waals surface area contributed by atoms with E-state index in [1.165, 1.54) is 5.56 Å². The summed E-state index contributed by atoms with van der Waals surface area (Å²) in [6, 6.07) is 18.0. The van der Waals surface area contributed by atoms with Gasteiger partial charge in [0.2, 0.25) is 4.77 Å². The number of aryl methyl sites for hydroxylation is 2. The van der Waals surface area contributed by atoms with Crippen LogP contribution in [0.3, 0.4) is 0 Å². The molecule has 0 spiro atoms. The second-order valence-corrected chi connectivity index (χ2v) is 5.65. The summed E-state index contributed by atoms with van der Waals surface area (Å²) in [6.07, 6.45) is 3.39. The molecule has 0 aliphatic heterocycles. The lowest BCUT2D eigenvalue weighted by atomic mass is 10.1. The third kappa shape index (κ3) is 3.97. The zero-order valence-electron chi connectivity index (χ0n) is 13.3. The van der Waals surface area contributed by atoms with Gasteiger partial charge in [-0.15, -0.1) is 0 Å². The lowest BCUT2D eigenvalue weighted by Crippen LogP contribution is -2.01. The van der Waals surface area contributed by atoms with Crippen LogP contribution in [0.15, 0.2) is 59.7 Å². The van der Waals surface area contributed by atoms with Crippen LogP contribution in [0.25, 0.3) is 0 Å². The van der Waals surface area contributed by atoms with E-state index in [0.717, 1.165) is 30.0 Å². The van der Waals surface area contributed by atoms with Gasteiger partial charge in [0.05, 0.1) is 13.3 Å². The van der Waals surface area contributed by atoms with E-state index in [4.69, 9.17) is 17.0 Å². The molecule has 2 aromatic carbocycles. The summed E-state index contributed by atoms with van der Waals surface area (Å²) in [5.74, 6) is 1.60. The molecule has 0 aliphatic carbocycles. The predicted molar refractivity (Wildman–Crippen MR) is 97.2 cm³/mol. The molecule has 1 aromatic heterocycles. The van der Waals surface area contributed by atoms with Gasteiger partial charge in [0, 0.05) is 6.42 Å². The van der Waals surface area contributed by atoms with Crippen molar-refractivity contribution in [3.05, 3.63) is 76.3 Å². The number of aromatic nitrogens is 3. The van der Waals surface area contributed by atoms with Gasteiger partial charge in [-0.25, -0.2) is 0 Å². The fourth-order valence-electron chi connectivity index (χ4n) is 2.35. The van der Waals surface area contributed by atoms with Crippen molar-refractivity contribution in [1.29, 1.82) is 0 Å². The number of rotatable bonds is 6. The minimum absolute atomic E-state index is 0.484. The Bertz CT molecular complexity index is 883. The quantitative estimate of drug-likeness (QED) is 0.552. The maximum atomic E-state index is 5.27. The SMILES string of the molecule is COc1cccc(/C=N\n2c(CCc3ccccc3)n[nH]c2=S)c1. The minimum Gasteiger partial charge on any atom is -0.497 e. The highest BCUT2D eigenvalue weighted by atomic mass is 32.1. The van der Waals surface area contributed by atoms with Gasteiger partial charge >= 0.3 is 0 Å². The Kier molecular flexibility index (Phi) is 5.18. The van der Waals surface area contributed by atoms with Gasteiger partial charge in [0.15, 0.2) is 5.82 Å². The van der Waals surface area contributed by atoms with Gasteiger partial charge in [-0.1, -0.05) is 42.5 Å². The molecule has 6 heteroatoms. The van der Waals surface area contributed by atoms with Crippen LogP contribution >= 0.6 is 12.2 Å². The lowest BCUT2D eigenvalue weighted by Gasteiger charge is -2.02. The molecule has 0 unspecified atom stereocenters. The second kappa shape index (κ2) is 7.70. The topological polar surface area (TPSA) is 55.2 Å². The number of ether oxygens (including phenoxy) is 1. The Morgan fingerprint density at radius 2 is 2.00 bits per heavy atom. The Morgan fingerprint density at radius 1 is 1.17 bits per heavy atom. The van der Waals surface area contributed by atoms with Gasteiger partial charge in [-0.3, -0.25) is 5.10 Å². The summed E-state index contributed by atoms with van der Waals surface area (Å²) in [7, 11) is 1.64. The zero-order valence-corrected chi connectivity index (χ0v) is 14.2. The molecule has 0 atom stereocenters. The summed E-state index contributed by atoms with van der Waals surface area (Å²) < 4.78 is 7.37. The molecule has 0 bridgehead atoms. The van der Waals surface area contributed by atoms with E-state index in [-0.39, 0.29) is 0 Å². The molecular formula is C18H18N4OS. The largest absolute Gasteiger partial charge is 0.497 e. The standard InChI is InChI=1S/C18H18N4OS/c1-23-16-9-5-8-15(12-16)13-19-22-17(20-21-18(22)24)11-10-14-6-3-2-4-7-14/h2-9,12-13H,10-11H2,1H3,(H,21,24)/b19-13-. The Labute approximate surface area is 145 Å². The monoisotopic (exact) mass is 338 g/mol. The maximum Gasteiger partial charge on any atom is 0.216 e. The van der Waals surface area contributed by atoms with Crippen molar-refractivity contribution in [2.45, 2.75) is 12.8 Å². The molecule has 5 nitrogen and oxygen atoms in total. The average Bonchev–Trinajstić information content (AvgIpc) is 2.99. The maximum absolute atomic E-state index is 5.27. The van der Waals surface area contributed by atoms with Crippen LogP contribution in [-0.4, -0.2) is 28.2 Å². The summed E-state index contributed by atoms with van der Waals surface area (Å²) >= 11 is 5.27. The molecule has 122 valence electrons. The van der Waals surface area contributed by atoms with Crippen molar-refractivity contribution < 1.29 is 4.74 Å². The summed E-state index contributed by atoms with van der Waals surface area (Å²) in [4.78, 5) is 0. The average molecular weight is 338 g/mol. The molecule has 3 aromatic rings. The van der Waals surface area contributed by atoms with Crippen LogP contribution in [0.2, 0.25) is 0 Å². The first kappa shape index (κ1) is 16.1. The third-order valence-electron chi connectivity index (χ3n) is 3.61. The van der Waals surface area contributed by atoms with Gasteiger partial charge < -0.3 is 4.74 Å². The second-order valence-electron chi connectivity index (χ2n) is 5.26. The molecule has 0 saturated carbocycles. The molecule has 0 radical (unpaired) electrons. The van der Waals surface area contributed by atoms with E-state index in [9.17, 15) is 0 Å².